The summed E-state index contributed by atoms with van der Waals surface area (Å²) in [7, 11) is 0. The van der Waals surface area contributed by atoms with Crippen molar-refractivity contribution in [3.8, 4) is 0 Å². The summed E-state index contributed by atoms with van der Waals surface area (Å²) in [6.07, 6.45) is 2.19. The smallest absolute Gasteiger partial charge is 0.0835 e. The highest BCUT2D eigenvalue weighted by Gasteiger charge is 2.17. The van der Waals surface area contributed by atoms with Crippen molar-refractivity contribution >= 4 is 0 Å². The molecule has 0 unspecified atom stereocenters. The molecule has 0 spiro atoms. The zero-order valence-corrected chi connectivity index (χ0v) is 12.0. The lowest BCUT2D eigenvalue weighted by molar-refractivity contribution is 0.661. The van der Waals surface area contributed by atoms with Gasteiger partial charge >= 0.3 is 0 Å². The van der Waals surface area contributed by atoms with Crippen LogP contribution in [0, 0.1) is 13.8 Å². The Bertz CT molecular complexity index is 641. The van der Waals surface area contributed by atoms with Gasteiger partial charge in [-0.05, 0) is 36.6 Å². The van der Waals surface area contributed by atoms with Gasteiger partial charge in [0.05, 0.1) is 6.04 Å². The van der Waals surface area contributed by atoms with Gasteiger partial charge in [0.15, 0.2) is 0 Å². The molecule has 20 heavy (non-hydrogen) atoms. The van der Waals surface area contributed by atoms with Crippen molar-refractivity contribution < 1.29 is 0 Å². The Morgan fingerprint density at radius 2 is 1.20 bits per heavy atom. The molecule has 0 bridgehead atoms. The molecule has 3 aromatic rings. The molecular weight excluding hydrogens is 242 g/mol. The minimum absolute atomic E-state index is 0.242. The maximum atomic E-state index is 2.36. The number of hydrogen-bond acceptors (Lipinski definition) is 0. The SMILES string of the molecule is Cc1ccn(C(c2ccccc2)c2ccccc2)c1C. The van der Waals surface area contributed by atoms with Crippen molar-refractivity contribution in [2.24, 2.45) is 0 Å². The van der Waals surface area contributed by atoms with E-state index in [1.54, 1.807) is 0 Å². The van der Waals surface area contributed by atoms with Gasteiger partial charge in [0.2, 0.25) is 0 Å². The van der Waals surface area contributed by atoms with Gasteiger partial charge in [0, 0.05) is 11.9 Å². The van der Waals surface area contributed by atoms with Gasteiger partial charge in [-0.15, -0.1) is 0 Å². The van der Waals surface area contributed by atoms with Crippen molar-refractivity contribution in [2.75, 3.05) is 0 Å². The van der Waals surface area contributed by atoms with Gasteiger partial charge in [0.25, 0.3) is 0 Å². The van der Waals surface area contributed by atoms with Gasteiger partial charge in [-0.2, -0.15) is 0 Å². The summed E-state index contributed by atoms with van der Waals surface area (Å²) < 4.78 is 2.36. The van der Waals surface area contributed by atoms with Crippen LogP contribution >= 0.6 is 0 Å². The molecule has 1 heteroatoms. The quantitative estimate of drug-likeness (QED) is 0.641. The number of nitrogens with zero attached hydrogens (tertiary/aromatic N) is 1. The Labute approximate surface area is 120 Å². The van der Waals surface area contributed by atoms with Crippen LogP contribution < -0.4 is 0 Å². The first-order valence-electron chi connectivity index (χ1n) is 7.01. The average molecular weight is 261 g/mol. The summed E-state index contributed by atoms with van der Waals surface area (Å²) in [6, 6.07) is 23.8. The maximum absolute atomic E-state index is 2.36. The summed E-state index contributed by atoms with van der Waals surface area (Å²) >= 11 is 0. The van der Waals surface area contributed by atoms with Gasteiger partial charge < -0.3 is 4.57 Å². The van der Waals surface area contributed by atoms with E-state index in [0.717, 1.165) is 0 Å². The monoisotopic (exact) mass is 261 g/mol. The molecule has 0 N–H and O–H groups in total. The molecule has 0 radical (unpaired) electrons. The largest absolute Gasteiger partial charge is 0.340 e. The van der Waals surface area contributed by atoms with Crippen molar-refractivity contribution in [1.82, 2.24) is 4.57 Å². The van der Waals surface area contributed by atoms with Crippen LogP contribution in [0.4, 0.5) is 0 Å². The fourth-order valence-corrected chi connectivity index (χ4v) is 2.69. The topological polar surface area (TPSA) is 4.93 Å². The van der Waals surface area contributed by atoms with Crippen LogP contribution in [0.1, 0.15) is 28.4 Å². The zero-order valence-electron chi connectivity index (χ0n) is 12.0. The van der Waals surface area contributed by atoms with Gasteiger partial charge in [0.1, 0.15) is 0 Å². The molecule has 0 atom stereocenters. The first-order chi connectivity index (χ1) is 9.77. The lowest BCUT2D eigenvalue weighted by atomic mass is 9.98. The van der Waals surface area contributed by atoms with Crippen LogP contribution in [0.2, 0.25) is 0 Å². The second-order valence-corrected chi connectivity index (χ2v) is 5.22. The van der Waals surface area contributed by atoms with E-state index in [9.17, 15) is 0 Å². The Kier molecular flexibility index (Phi) is 3.42. The van der Waals surface area contributed by atoms with Gasteiger partial charge in [-0.1, -0.05) is 60.7 Å². The molecule has 100 valence electrons. The summed E-state index contributed by atoms with van der Waals surface area (Å²) in [5.41, 5.74) is 5.29. The molecule has 0 fully saturated rings. The second-order valence-electron chi connectivity index (χ2n) is 5.22. The molecule has 0 aliphatic rings. The van der Waals surface area contributed by atoms with Crippen molar-refractivity contribution in [2.45, 2.75) is 19.9 Å². The number of benzene rings is 2. The second kappa shape index (κ2) is 5.38. The maximum Gasteiger partial charge on any atom is 0.0835 e. The third-order valence-corrected chi connectivity index (χ3v) is 3.95. The average Bonchev–Trinajstić information content (AvgIpc) is 2.82. The highest BCUT2D eigenvalue weighted by Crippen LogP contribution is 2.29. The summed E-state index contributed by atoms with van der Waals surface area (Å²) in [5, 5.41) is 0. The van der Waals surface area contributed by atoms with Crippen LogP contribution in [0.5, 0.6) is 0 Å². The van der Waals surface area contributed by atoms with E-state index in [-0.39, 0.29) is 6.04 Å². The summed E-state index contributed by atoms with van der Waals surface area (Å²) in [4.78, 5) is 0. The summed E-state index contributed by atoms with van der Waals surface area (Å²) in [5.74, 6) is 0. The number of aryl methyl sites for hydroxylation is 1. The lowest BCUT2D eigenvalue weighted by Gasteiger charge is -2.22. The Morgan fingerprint density at radius 3 is 1.60 bits per heavy atom. The standard InChI is InChI=1S/C19H19N/c1-15-13-14-20(16(15)2)19(17-9-5-3-6-10-17)18-11-7-4-8-12-18/h3-14,19H,1-2H3. The lowest BCUT2D eigenvalue weighted by Crippen LogP contribution is -2.12. The fraction of sp³-hybridized carbons (Fsp3) is 0.158. The highest BCUT2D eigenvalue weighted by molar-refractivity contribution is 5.35. The van der Waals surface area contributed by atoms with Crippen LogP contribution in [0.15, 0.2) is 72.9 Å². The molecule has 0 aliphatic carbocycles. The molecule has 1 aromatic heterocycles. The molecule has 1 heterocycles. The molecule has 2 aromatic carbocycles. The van der Waals surface area contributed by atoms with E-state index >= 15 is 0 Å². The van der Waals surface area contributed by atoms with E-state index in [4.69, 9.17) is 0 Å². The molecule has 0 aliphatic heterocycles. The molecular formula is C19H19N. The van der Waals surface area contributed by atoms with E-state index < -0.39 is 0 Å². The first-order valence-corrected chi connectivity index (χ1v) is 7.01. The number of rotatable bonds is 3. The predicted octanol–water partition coefficient (Wildman–Crippen LogP) is 4.74. The van der Waals surface area contributed by atoms with E-state index in [2.05, 4.69) is 91.3 Å². The van der Waals surface area contributed by atoms with Gasteiger partial charge in [-0.25, -0.2) is 0 Å². The minimum Gasteiger partial charge on any atom is -0.340 e. The Balaban J connectivity index is 2.17. The highest BCUT2D eigenvalue weighted by atomic mass is 15.0. The van der Waals surface area contributed by atoms with Crippen molar-refractivity contribution in [1.29, 1.82) is 0 Å². The minimum atomic E-state index is 0.242. The van der Waals surface area contributed by atoms with Crippen LogP contribution in [0.25, 0.3) is 0 Å². The number of aromatic nitrogens is 1. The van der Waals surface area contributed by atoms with Crippen molar-refractivity contribution in [3.05, 3.63) is 95.3 Å². The first kappa shape index (κ1) is 12.7. The molecule has 0 amide bonds. The summed E-state index contributed by atoms with van der Waals surface area (Å²) in [6.45, 7) is 4.35. The third-order valence-electron chi connectivity index (χ3n) is 3.95. The van der Waals surface area contributed by atoms with Crippen LogP contribution in [-0.4, -0.2) is 4.57 Å². The zero-order chi connectivity index (χ0) is 13.9. The molecule has 0 saturated heterocycles. The van der Waals surface area contributed by atoms with Crippen LogP contribution in [-0.2, 0) is 0 Å². The molecule has 0 saturated carbocycles. The van der Waals surface area contributed by atoms with Gasteiger partial charge in [-0.3, -0.25) is 0 Å². The van der Waals surface area contributed by atoms with E-state index in [0.29, 0.717) is 0 Å². The Hall–Kier alpha value is -2.28. The van der Waals surface area contributed by atoms with Crippen molar-refractivity contribution in [3.63, 3.8) is 0 Å². The number of hydrogen-bond donors (Lipinski definition) is 0. The predicted molar refractivity (Wildman–Crippen MR) is 84.0 cm³/mol. The third kappa shape index (κ3) is 2.27. The normalized spacial score (nSPS) is 10.9. The molecule has 3 rings (SSSR count). The van der Waals surface area contributed by atoms with E-state index in [1.165, 1.54) is 22.4 Å². The van der Waals surface area contributed by atoms with Crippen LogP contribution in [0.3, 0.4) is 0 Å². The molecule has 1 nitrogen and oxygen atoms in total. The fourth-order valence-electron chi connectivity index (χ4n) is 2.69. The Morgan fingerprint density at radius 1 is 0.700 bits per heavy atom. The van der Waals surface area contributed by atoms with E-state index in [1.807, 2.05) is 0 Å².